The van der Waals surface area contributed by atoms with Gasteiger partial charge in [-0.15, -0.1) is 11.3 Å². The monoisotopic (exact) mass is 438 g/mol. The minimum absolute atomic E-state index is 0.0344. The highest BCUT2D eigenvalue weighted by atomic mass is 32.1. The van der Waals surface area contributed by atoms with Crippen LogP contribution in [0.3, 0.4) is 0 Å². The Labute approximate surface area is 180 Å². The summed E-state index contributed by atoms with van der Waals surface area (Å²) >= 11 is 1.44. The molecule has 31 heavy (non-hydrogen) atoms. The van der Waals surface area contributed by atoms with E-state index in [1.807, 2.05) is 23.6 Å². The predicted octanol–water partition coefficient (Wildman–Crippen LogP) is 3.26. The van der Waals surface area contributed by atoms with Gasteiger partial charge in [0.15, 0.2) is 11.6 Å². The van der Waals surface area contributed by atoms with Gasteiger partial charge in [0, 0.05) is 28.7 Å². The van der Waals surface area contributed by atoms with Gasteiger partial charge < -0.3 is 10.5 Å². The topological polar surface area (TPSA) is 102 Å². The molecule has 0 spiro atoms. The van der Waals surface area contributed by atoms with Crippen molar-refractivity contribution in [1.82, 2.24) is 14.4 Å². The molecule has 0 radical (unpaired) electrons. The van der Waals surface area contributed by atoms with E-state index in [9.17, 15) is 9.59 Å². The fourth-order valence-corrected chi connectivity index (χ4v) is 4.92. The molecule has 0 atom stereocenters. The lowest BCUT2D eigenvalue weighted by Crippen LogP contribution is -2.29. The molecule has 1 fully saturated rings. The summed E-state index contributed by atoms with van der Waals surface area (Å²) in [5.74, 6) is -0.401. The van der Waals surface area contributed by atoms with Crippen LogP contribution in [0.15, 0.2) is 45.6 Å². The molecule has 0 unspecified atom stereocenters. The van der Waals surface area contributed by atoms with Crippen LogP contribution in [-0.2, 0) is 6.54 Å². The highest BCUT2D eigenvalue weighted by Gasteiger charge is 2.32. The van der Waals surface area contributed by atoms with Crippen LogP contribution in [0.1, 0.15) is 30.0 Å². The van der Waals surface area contributed by atoms with Crippen molar-refractivity contribution in [3.63, 3.8) is 0 Å². The molecule has 158 valence electrons. The summed E-state index contributed by atoms with van der Waals surface area (Å²) in [6.45, 7) is 0.285. The molecule has 0 amide bonds. The summed E-state index contributed by atoms with van der Waals surface area (Å²) in [5.41, 5.74) is 7.91. The molecule has 1 aliphatic rings. The third-order valence-electron chi connectivity index (χ3n) is 5.53. The molecular weight excluding hydrogens is 419 g/mol. The van der Waals surface area contributed by atoms with Crippen LogP contribution < -0.4 is 21.7 Å². The Balaban J connectivity index is 1.78. The van der Waals surface area contributed by atoms with Crippen LogP contribution in [0.2, 0.25) is 0 Å². The lowest BCUT2D eigenvalue weighted by Gasteiger charge is -2.15. The van der Waals surface area contributed by atoms with E-state index in [2.05, 4.69) is 9.97 Å². The van der Waals surface area contributed by atoms with Crippen molar-refractivity contribution in [1.29, 1.82) is 0 Å². The maximum Gasteiger partial charge on any atom is 0.333 e. The number of methoxy groups -OCH3 is 1. The van der Waals surface area contributed by atoms with E-state index in [-0.39, 0.29) is 23.8 Å². The molecule has 7 nitrogen and oxygen atoms in total. The summed E-state index contributed by atoms with van der Waals surface area (Å²) < 4.78 is 22.0. The summed E-state index contributed by atoms with van der Waals surface area (Å²) in [5, 5.41) is 1.82. The average Bonchev–Trinajstić information content (AvgIpc) is 3.49. The van der Waals surface area contributed by atoms with Crippen molar-refractivity contribution in [2.75, 3.05) is 7.11 Å². The Kier molecular flexibility index (Phi) is 4.71. The van der Waals surface area contributed by atoms with Crippen molar-refractivity contribution < 1.29 is 9.13 Å². The fourth-order valence-electron chi connectivity index (χ4n) is 3.98. The number of nitrogens with two attached hydrogens (primary N) is 1. The number of nitrogens with one attached hydrogen (secondary N) is 1. The van der Waals surface area contributed by atoms with Crippen LogP contribution >= 0.6 is 11.3 Å². The SMILES string of the molecule is COc1c(-c2csc(-c3cccnc3CN)c2)c(F)cn2c(=O)[nH]c(=O)c(C3CC3)c12. The van der Waals surface area contributed by atoms with Gasteiger partial charge in [-0.05, 0) is 41.8 Å². The minimum Gasteiger partial charge on any atom is -0.494 e. The zero-order chi connectivity index (χ0) is 21.7. The Hall–Kier alpha value is -3.30. The van der Waals surface area contributed by atoms with Gasteiger partial charge in [0.1, 0.15) is 5.52 Å². The first kappa shape index (κ1) is 19.7. The van der Waals surface area contributed by atoms with E-state index in [1.165, 1.54) is 18.4 Å². The molecule has 0 saturated heterocycles. The third-order valence-corrected chi connectivity index (χ3v) is 6.49. The Morgan fingerprint density at radius 1 is 1.39 bits per heavy atom. The van der Waals surface area contributed by atoms with Crippen molar-refractivity contribution >= 4 is 16.9 Å². The molecule has 4 heterocycles. The fraction of sp³-hybridized carbons (Fsp3) is 0.227. The summed E-state index contributed by atoms with van der Waals surface area (Å²) in [4.78, 5) is 32.4. The predicted molar refractivity (Wildman–Crippen MR) is 117 cm³/mol. The lowest BCUT2D eigenvalue weighted by molar-refractivity contribution is 0.415. The second kappa shape index (κ2) is 7.44. The highest BCUT2D eigenvalue weighted by Crippen LogP contribution is 2.45. The molecule has 4 aromatic rings. The van der Waals surface area contributed by atoms with E-state index >= 15 is 4.39 Å². The smallest absolute Gasteiger partial charge is 0.333 e. The number of ether oxygens (including phenoxy) is 1. The number of hydrogen-bond acceptors (Lipinski definition) is 6. The van der Waals surface area contributed by atoms with Crippen LogP contribution in [0.5, 0.6) is 5.75 Å². The molecule has 3 N–H and O–H groups in total. The highest BCUT2D eigenvalue weighted by molar-refractivity contribution is 7.14. The first-order valence-corrected chi connectivity index (χ1v) is 10.7. The molecule has 4 aromatic heterocycles. The summed E-state index contributed by atoms with van der Waals surface area (Å²) in [6.07, 6.45) is 4.49. The quantitative estimate of drug-likeness (QED) is 0.498. The molecule has 1 aliphatic carbocycles. The van der Waals surface area contributed by atoms with Gasteiger partial charge in [-0.1, -0.05) is 6.07 Å². The minimum atomic E-state index is -0.692. The van der Waals surface area contributed by atoms with E-state index < -0.39 is 17.1 Å². The van der Waals surface area contributed by atoms with Gasteiger partial charge in [-0.2, -0.15) is 0 Å². The standard InChI is InChI=1S/C22H19FN4O3S/c1-30-20-17(12-7-16(31-10-12)13-3-2-6-25-15(13)8-24)14(23)9-27-19(20)18(11-4-5-11)21(28)26-22(27)29/h2-3,6-7,9-11H,4-5,8,24H2,1H3,(H,26,28,29). The number of aromatic amines is 1. The molecule has 9 heteroatoms. The molecular formula is C22H19FN4O3S. The van der Waals surface area contributed by atoms with Crippen LogP contribution in [0.25, 0.3) is 27.1 Å². The molecule has 0 aliphatic heterocycles. The number of nitrogens with zero attached hydrogens (tertiary/aromatic N) is 2. The van der Waals surface area contributed by atoms with Gasteiger partial charge >= 0.3 is 5.69 Å². The zero-order valence-corrected chi connectivity index (χ0v) is 17.5. The molecule has 0 aromatic carbocycles. The van der Waals surface area contributed by atoms with E-state index in [4.69, 9.17) is 10.5 Å². The molecule has 5 rings (SSSR count). The Bertz CT molecular complexity index is 1440. The number of pyridine rings is 2. The Morgan fingerprint density at radius 2 is 2.19 bits per heavy atom. The van der Waals surface area contributed by atoms with Crippen molar-refractivity contribution in [2.45, 2.75) is 25.3 Å². The van der Waals surface area contributed by atoms with Gasteiger partial charge in [0.2, 0.25) is 0 Å². The van der Waals surface area contributed by atoms with E-state index in [0.717, 1.165) is 39.6 Å². The number of fused-ring (bicyclic) bond motifs is 1. The normalized spacial score (nSPS) is 13.6. The van der Waals surface area contributed by atoms with Crippen molar-refractivity contribution in [3.8, 4) is 27.3 Å². The summed E-state index contributed by atoms with van der Waals surface area (Å²) in [6, 6.07) is 5.59. The first-order chi connectivity index (χ1) is 15.0. The number of rotatable bonds is 5. The largest absolute Gasteiger partial charge is 0.494 e. The second-order valence-corrected chi connectivity index (χ2v) is 8.36. The average molecular weight is 438 g/mol. The maximum atomic E-state index is 15.3. The second-order valence-electron chi connectivity index (χ2n) is 7.45. The van der Waals surface area contributed by atoms with Gasteiger partial charge in [0.05, 0.1) is 24.6 Å². The van der Waals surface area contributed by atoms with Crippen molar-refractivity contribution in [2.24, 2.45) is 5.73 Å². The summed E-state index contributed by atoms with van der Waals surface area (Å²) in [7, 11) is 1.42. The number of halogens is 1. The number of H-pyrrole nitrogens is 1. The number of thiophene rings is 1. The Morgan fingerprint density at radius 3 is 2.90 bits per heavy atom. The van der Waals surface area contributed by atoms with E-state index in [0.29, 0.717) is 16.6 Å². The number of hydrogen-bond donors (Lipinski definition) is 2. The van der Waals surface area contributed by atoms with Crippen molar-refractivity contribution in [3.05, 3.63) is 73.9 Å². The lowest BCUT2D eigenvalue weighted by atomic mass is 10.0. The number of aromatic nitrogens is 3. The van der Waals surface area contributed by atoms with Crippen LogP contribution in [-0.4, -0.2) is 21.5 Å². The van der Waals surface area contributed by atoms with Crippen LogP contribution in [0.4, 0.5) is 4.39 Å². The molecule has 0 bridgehead atoms. The van der Waals surface area contributed by atoms with Gasteiger partial charge in [-0.25, -0.2) is 9.18 Å². The van der Waals surface area contributed by atoms with E-state index in [1.54, 1.807) is 6.20 Å². The zero-order valence-electron chi connectivity index (χ0n) is 16.6. The van der Waals surface area contributed by atoms with Gasteiger partial charge in [-0.3, -0.25) is 19.2 Å². The molecule has 1 saturated carbocycles. The third kappa shape index (κ3) is 3.17. The van der Waals surface area contributed by atoms with Gasteiger partial charge in [0.25, 0.3) is 5.56 Å². The van der Waals surface area contributed by atoms with Crippen LogP contribution in [0, 0.1) is 5.82 Å². The first-order valence-electron chi connectivity index (χ1n) is 9.81. The maximum absolute atomic E-state index is 15.3.